The molecular formula is C13H11NO6. The fraction of sp³-hybridized carbons (Fsp3) is 0.231. The van der Waals surface area contributed by atoms with Gasteiger partial charge in [0.2, 0.25) is 0 Å². The van der Waals surface area contributed by atoms with Crippen molar-refractivity contribution in [3.63, 3.8) is 0 Å². The van der Waals surface area contributed by atoms with Crippen molar-refractivity contribution >= 4 is 16.5 Å². The Balaban J connectivity index is 2.46. The molecule has 0 spiro atoms. The minimum absolute atomic E-state index is 0.0549. The number of ether oxygens (including phenoxy) is 1. The molecular weight excluding hydrogens is 266 g/mol. The van der Waals surface area contributed by atoms with Crippen LogP contribution in [0.5, 0.6) is 5.75 Å². The second kappa shape index (κ2) is 4.41. The summed E-state index contributed by atoms with van der Waals surface area (Å²) < 4.78 is 4.81. The van der Waals surface area contributed by atoms with Crippen molar-refractivity contribution < 1.29 is 25.0 Å². The number of hydrogen-bond acceptors (Lipinski definition) is 6. The first kappa shape index (κ1) is 12.8. The van der Waals surface area contributed by atoms with Crippen LogP contribution in [0.15, 0.2) is 24.3 Å². The molecule has 0 bridgehead atoms. The third kappa shape index (κ3) is 1.72. The maximum atomic E-state index is 11.3. The normalized spacial score (nSPS) is 21.7. The molecule has 0 saturated heterocycles. The molecule has 20 heavy (non-hydrogen) atoms. The molecule has 0 saturated carbocycles. The minimum atomic E-state index is -1.60. The fourth-order valence-corrected chi connectivity index (χ4v) is 2.59. The molecule has 3 rings (SSSR count). The first-order chi connectivity index (χ1) is 9.50. The van der Waals surface area contributed by atoms with Gasteiger partial charge in [-0.2, -0.15) is 0 Å². The van der Waals surface area contributed by atoms with Crippen molar-refractivity contribution in [2.45, 2.75) is 19.0 Å². The van der Waals surface area contributed by atoms with Gasteiger partial charge in [0.05, 0.1) is 15.9 Å². The molecule has 7 nitrogen and oxygen atoms in total. The number of nitro groups is 1. The summed E-state index contributed by atoms with van der Waals surface area (Å²) in [5.41, 5.74) is -0.187. The third-order valence-corrected chi connectivity index (χ3v) is 3.40. The van der Waals surface area contributed by atoms with Crippen LogP contribution in [0, 0.1) is 10.1 Å². The summed E-state index contributed by atoms with van der Waals surface area (Å²) in [6.45, 7) is 0. The van der Waals surface area contributed by atoms with Crippen LogP contribution in [0.3, 0.4) is 0 Å². The lowest BCUT2D eigenvalue weighted by Gasteiger charge is -2.27. The lowest BCUT2D eigenvalue weighted by molar-refractivity contribution is -0.384. The molecule has 0 aliphatic carbocycles. The van der Waals surface area contributed by atoms with Gasteiger partial charge in [0.15, 0.2) is 12.6 Å². The molecule has 0 fully saturated rings. The SMILES string of the molecule is O=[N+]([O-])c1c2c(c(O)c3ccccc13)C(O)OC(O)C2. The van der Waals surface area contributed by atoms with Gasteiger partial charge in [-0.15, -0.1) is 0 Å². The lowest BCUT2D eigenvalue weighted by atomic mass is 9.93. The summed E-state index contributed by atoms with van der Waals surface area (Å²) in [5.74, 6) is -0.263. The number of fused-ring (bicyclic) bond motifs is 2. The highest BCUT2D eigenvalue weighted by molar-refractivity contribution is 5.98. The zero-order valence-electron chi connectivity index (χ0n) is 10.2. The number of rotatable bonds is 1. The summed E-state index contributed by atoms with van der Waals surface area (Å²) in [5, 5.41) is 41.4. The van der Waals surface area contributed by atoms with Crippen LogP contribution >= 0.6 is 0 Å². The first-order valence-electron chi connectivity index (χ1n) is 5.93. The standard InChI is InChI=1S/C13H11NO6/c15-9-5-8-10(13(17)20-9)12(16)7-4-2-1-3-6(7)11(8)14(18)19/h1-4,9,13,15-17H,5H2. The molecule has 1 aliphatic rings. The van der Waals surface area contributed by atoms with Crippen molar-refractivity contribution in [2.75, 3.05) is 0 Å². The maximum absolute atomic E-state index is 11.3. The predicted octanol–water partition coefficient (Wildman–Crippen LogP) is 1.34. The van der Waals surface area contributed by atoms with Crippen LogP contribution < -0.4 is 0 Å². The van der Waals surface area contributed by atoms with E-state index in [1.807, 2.05) is 0 Å². The highest BCUT2D eigenvalue weighted by atomic mass is 16.7. The quantitative estimate of drug-likeness (QED) is 0.535. The van der Waals surface area contributed by atoms with Crippen LogP contribution in [0.25, 0.3) is 10.8 Å². The van der Waals surface area contributed by atoms with E-state index in [-0.39, 0.29) is 39.8 Å². The molecule has 3 N–H and O–H groups in total. The highest BCUT2D eigenvalue weighted by Gasteiger charge is 2.35. The van der Waals surface area contributed by atoms with Gasteiger partial charge in [0.1, 0.15) is 5.75 Å². The number of nitro benzene ring substituents is 1. The molecule has 0 amide bonds. The van der Waals surface area contributed by atoms with E-state index in [2.05, 4.69) is 0 Å². The summed E-state index contributed by atoms with van der Waals surface area (Å²) in [7, 11) is 0. The molecule has 0 aromatic heterocycles. The van der Waals surface area contributed by atoms with Crippen molar-refractivity contribution in [1.82, 2.24) is 0 Å². The zero-order valence-corrected chi connectivity index (χ0v) is 10.2. The molecule has 1 heterocycles. The summed E-state index contributed by atoms with van der Waals surface area (Å²) in [6, 6.07) is 6.29. The Morgan fingerprint density at radius 1 is 1.25 bits per heavy atom. The summed E-state index contributed by atoms with van der Waals surface area (Å²) in [4.78, 5) is 10.8. The molecule has 2 aromatic carbocycles. The lowest BCUT2D eigenvalue weighted by Crippen LogP contribution is -2.26. The Labute approximate surface area is 112 Å². The summed E-state index contributed by atoms with van der Waals surface area (Å²) in [6.07, 6.45) is -3.12. The van der Waals surface area contributed by atoms with Gasteiger partial charge in [0, 0.05) is 17.4 Å². The second-order valence-corrected chi connectivity index (χ2v) is 4.54. The van der Waals surface area contributed by atoms with E-state index < -0.39 is 17.5 Å². The molecule has 2 aromatic rings. The molecule has 104 valence electrons. The topological polar surface area (TPSA) is 113 Å². The number of aromatic hydroxyl groups is 1. The van der Waals surface area contributed by atoms with Gasteiger partial charge in [-0.25, -0.2) is 0 Å². The molecule has 2 unspecified atom stereocenters. The molecule has 0 radical (unpaired) electrons. The van der Waals surface area contributed by atoms with Crippen LogP contribution in [0.2, 0.25) is 0 Å². The highest BCUT2D eigenvalue weighted by Crippen LogP contribution is 2.45. The monoisotopic (exact) mass is 277 g/mol. The van der Waals surface area contributed by atoms with Gasteiger partial charge in [-0.05, 0) is 6.07 Å². The number of phenolic OH excluding ortho intramolecular Hbond substituents is 1. The molecule has 7 heteroatoms. The van der Waals surface area contributed by atoms with Crippen molar-refractivity contribution in [3.8, 4) is 5.75 Å². The van der Waals surface area contributed by atoms with E-state index in [0.29, 0.717) is 0 Å². The van der Waals surface area contributed by atoms with E-state index in [1.54, 1.807) is 12.1 Å². The fourth-order valence-electron chi connectivity index (χ4n) is 2.59. The number of phenols is 1. The maximum Gasteiger partial charge on any atom is 0.281 e. The average Bonchev–Trinajstić information content (AvgIpc) is 2.37. The Kier molecular flexibility index (Phi) is 2.82. The predicted molar refractivity (Wildman–Crippen MR) is 68.0 cm³/mol. The van der Waals surface area contributed by atoms with E-state index in [9.17, 15) is 25.4 Å². The van der Waals surface area contributed by atoms with Gasteiger partial charge >= 0.3 is 0 Å². The van der Waals surface area contributed by atoms with Crippen LogP contribution in [0.1, 0.15) is 17.4 Å². The Morgan fingerprint density at radius 3 is 2.55 bits per heavy atom. The number of hydrogen-bond donors (Lipinski definition) is 3. The van der Waals surface area contributed by atoms with Crippen molar-refractivity contribution in [1.29, 1.82) is 0 Å². The van der Waals surface area contributed by atoms with Gasteiger partial charge in [-0.1, -0.05) is 18.2 Å². The van der Waals surface area contributed by atoms with E-state index in [0.717, 1.165) is 0 Å². The first-order valence-corrected chi connectivity index (χ1v) is 5.93. The van der Waals surface area contributed by atoms with Gasteiger partial charge in [-0.3, -0.25) is 10.1 Å². The zero-order chi connectivity index (χ0) is 14.4. The smallest absolute Gasteiger partial charge is 0.281 e. The number of benzene rings is 2. The van der Waals surface area contributed by atoms with E-state index >= 15 is 0 Å². The van der Waals surface area contributed by atoms with E-state index in [1.165, 1.54) is 12.1 Å². The van der Waals surface area contributed by atoms with Gasteiger partial charge in [0.25, 0.3) is 5.69 Å². The number of aliphatic hydroxyl groups is 2. The van der Waals surface area contributed by atoms with E-state index in [4.69, 9.17) is 4.74 Å². The molecule has 2 atom stereocenters. The van der Waals surface area contributed by atoms with Crippen molar-refractivity contribution in [3.05, 3.63) is 45.5 Å². The Morgan fingerprint density at radius 2 is 1.90 bits per heavy atom. The minimum Gasteiger partial charge on any atom is -0.507 e. The second-order valence-electron chi connectivity index (χ2n) is 4.54. The Hall–Kier alpha value is -2.22. The van der Waals surface area contributed by atoms with Crippen LogP contribution in [-0.2, 0) is 11.2 Å². The van der Waals surface area contributed by atoms with Crippen LogP contribution in [-0.4, -0.2) is 26.5 Å². The van der Waals surface area contributed by atoms with Crippen molar-refractivity contribution in [2.24, 2.45) is 0 Å². The average molecular weight is 277 g/mol. The number of aliphatic hydroxyl groups excluding tert-OH is 2. The van der Waals surface area contributed by atoms with Gasteiger partial charge < -0.3 is 20.1 Å². The summed E-state index contributed by atoms with van der Waals surface area (Å²) >= 11 is 0. The van der Waals surface area contributed by atoms with Crippen LogP contribution in [0.4, 0.5) is 5.69 Å². The number of nitrogens with zero attached hydrogens (tertiary/aromatic N) is 1. The Bertz CT molecular complexity index is 714. The molecule has 1 aliphatic heterocycles. The third-order valence-electron chi connectivity index (χ3n) is 3.40. The largest absolute Gasteiger partial charge is 0.507 e.